The van der Waals surface area contributed by atoms with Gasteiger partial charge in [0.25, 0.3) is 0 Å². The molecule has 182 valence electrons. The highest BCUT2D eigenvalue weighted by Crippen LogP contribution is 2.32. The van der Waals surface area contributed by atoms with Gasteiger partial charge in [0.15, 0.2) is 0 Å². The molecule has 1 fully saturated rings. The van der Waals surface area contributed by atoms with Crippen LogP contribution in [-0.2, 0) is 16.8 Å². The third-order valence-corrected chi connectivity index (χ3v) is 7.85. The van der Waals surface area contributed by atoms with Crippen molar-refractivity contribution in [3.63, 3.8) is 0 Å². The fraction of sp³-hybridized carbons (Fsp3) is 0.393. The number of hydrogen-bond donors (Lipinski definition) is 2. The van der Waals surface area contributed by atoms with Gasteiger partial charge in [-0.25, -0.2) is 9.97 Å². The predicted octanol–water partition coefficient (Wildman–Crippen LogP) is 5.84. The first-order chi connectivity index (χ1) is 16.8. The maximum absolute atomic E-state index is 11.6. The van der Waals surface area contributed by atoms with Gasteiger partial charge in [-0.2, -0.15) is 0 Å². The second kappa shape index (κ2) is 9.55. The molecule has 0 radical (unpaired) electrons. The monoisotopic (exact) mass is 487 g/mol. The molecule has 1 atom stereocenters. The van der Waals surface area contributed by atoms with Crippen LogP contribution in [0.1, 0.15) is 44.6 Å². The fourth-order valence-electron chi connectivity index (χ4n) is 4.69. The zero-order valence-electron chi connectivity index (χ0n) is 20.9. The molecule has 6 nitrogen and oxygen atoms in total. The van der Waals surface area contributed by atoms with Gasteiger partial charge in [-0.3, -0.25) is 4.79 Å². The minimum absolute atomic E-state index is 0.0831. The SMILES string of the molecule is CC(=O)N1CCC(CNCc2cc3c(ccc4cnc(Nc5cccc(C(C)(C)C)c5)nc43)s2)C1. The Morgan fingerprint density at radius 1 is 1.20 bits per heavy atom. The Balaban J connectivity index is 1.32. The number of hydrogen-bond acceptors (Lipinski definition) is 6. The average molecular weight is 488 g/mol. The van der Waals surface area contributed by atoms with Crippen LogP contribution in [-0.4, -0.2) is 40.4 Å². The molecule has 1 saturated heterocycles. The molecule has 35 heavy (non-hydrogen) atoms. The second-order valence-electron chi connectivity index (χ2n) is 10.5. The van der Waals surface area contributed by atoms with Crippen molar-refractivity contribution >= 4 is 49.9 Å². The van der Waals surface area contributed by atoms with E-state index in [1.165, 1.54) is 20.5 Å². The van der Waals surface area contributed by atoms with Crippen LogP contribution < -0.4 is 10.6 Å². The van der Waals surface area contributed by atoms with E-state index in [1.807, 2.05) is 11.1 Å². The number of rotatable bonds is 6. The summed E-state index contributed by atoms with van der Waals surface area (Å²) in [5, 5.41) is 9.21. The number of carbonyl (C=O) groups excluding carboxylic acids is 1. The number of likely N-dealkylation sites (tertiary alicyclic amines) is 1. The van der Waals surface area contributed by atoms with Crippen LogP contribution in [0.3, 0.4) is 0 Å². The van der Waals surface area contributed by atoms with Crippen molar-refractivity contribution in [1.82, 2.24) is 20.2 Å². The van der Waals surface area contributed by atoms with Gasteiger partial charge in [-0.1, -0.05) is 32.9 Å². The molecule has 1 unspecified atom stereocenters. The summed E-state index contributed by atoms with van der Waals surface area (Å²) >= 11 is 1.81. The molecular formula is C28H33N5OS. The Morgan fingerprint density at radius 3 is 2.83 bits per heavy atom. The molecule has 2 aromatic carbocycles. The van der Waals surface area contributed by atoms with Gasteiger partial charge < -0.3 is 15.5 Å². The molecule has 1 amide bonds. The third-order valence-electron chi connectivity index (χ3n) is 6.75. The van der Waals surface area contributed by atoms with Crippen LogP contribution in [0.25, 0.3) is 21.0 Å². The Labute approximate surface area is 210 Å². The lowest BCUT2D eigenvalue weighted by Gasteiger charge is -2.19. The highest BCUT2D eigenvalue weighted by atomic mass is 32.1. The average Bonchev–Trinajstić information content (AvgIpc) is 3.46. The third kappa shape index (κ3) is 5.31. The van der Waals surface area contributed by atoms with Crippen LogP contribution >= 0.6 is 11.3 Å². The second-order valence-corrected chi connectivity index (χ2v) is 11.7. The molecule has 4 aromatic rings. The molecule has 2 N–H and O–H groups in total. The van der Waals surface area contributed by atoms with Gasteiger partial charge in [0, 0.05) is 65.3 Å². The molecule has 1 aliphatic heterocycles. The Hall–Kier alpha value is -3.03. The molecule has 1 aliphatic rings. The topological polar surface area (TPSA) is 70.2 Å². The van der Waals surface area contributed by atoms with Gasteiger partial charge in [-0.05, 0) is 53.6 Å². The summed E-state index contributed by atoms with van der Waals surface area (Å²) in [6, 6.07) is 15.0. The van der Waals surface area contributed by atoms with Gasteiger partial charge in [0.1, 0.15) is 0 Å². The number of nitrogens with one attached hydrogen (secondary N) is 2. The van der Waals surface area contributed by atoms with Crippen LogP contribution in [0.4, 0.5) is 11.6 Å². The highest BCUT2D eigenvalue weighted by molar-refractivity contribution is 7.19. The molecule has 0 bridgehead atoms. The lowest BCUT2D eigenvalue weighted by atomic mass is 9.87. The normalized spacial score (nSPS) is 16.3. The Morgan fingerprint density at radius 2 is 2.06 bits per heavy atom. The quantitative estimate of drug-likeness (QED) is 0.357. The molecule has 0 saturated carbocycles. The van der Waals surface area contributed by atoms with E-state index in [0.29, 0.717) is 11.9 Å². The summed E-state index contributed by atoms with van der Waals surface area (Å²) in [6.45, 7) is 11.8. The van der Waals surface area contributed by atoms with Crippen molar-refractivity contribution < 1.29 is 4.79 Å². The summed E-state index contributed by atoms with van der Waals surface area (Å²) in [7, 11) is 0. The van der Waals surface area contributed by atoms with E-state index >= 15 is 0 Å². The number of thiophene rings is 1. The van der Waals surface area contributed by atoms with Crippen LogP contribution in [0.2, 0.25) is 0 Å². The first kappa shape index (κ1) is 23.7. The van der Waals surface area contributed by atoms with E-state index in [9.17, 15) is 4.79 Å². The zero-order valence-corrected chi connectivity index (χ0v) is 21.7. The molecule has 3 heterocycles. The summed E-state index contributed by atoms with van der Waals surface area (Å²) in [5.41, 5.74) is 3.32. The van der Waals surface area contributed by atoms with Crippen LogP contribution in [0.5, 0.6) is 0 Å². The minimum Gasteiger partial charge on any atom is -0.343 e. The summed E-state index contributed by atoms with van der Waals surface area (Å²) in [4.78, 5) is 24.3. The van der Waals surface area contributed by atoms with Crippen molar-refractivity contribution in [2.24, 2.45) is 5.92 Å². The smallest absolute Gasteiger partial charge is 0.227 e. The largest absolute Gasteiger partial charge is 0.343 e. The van der Waals surface area contributed by atoms with E-state index < -0.39 is 0 Å². The van der Waals surface area contributed by atoms with Crippen molar-refractivity contribution in [1.29, 1.82) is 0 Å². The standard InChI is InChI=1S/C28H33N5OS/c1-18(34)33-11-10-19(17-33)14-29-16-23-13-24-25(35-23)9-8-20-15-30-27(32-26(20)24)31-22-7-5-6-21(12-22)28(2,3)4/h5-9,12-13,15,19,29H,10-11,14,16-17H2,1-4H3,(H,30,31,32). The van der Waals surface area contributed by atoms with E-state index in [0.717, 1.165) is 49.2 Å². The molecular weight excluding hydrogens is 454 g/mol. The first-order valence-electron chi connectivity index (χ1n) is 12.3. The first-order valence-corrected chi connectivity index (χ1v) is 13.1. The number of amides is 1. The lowest BCUT2D eigenvalue weighted by Crippen LogP contribution is -2.28. The van der Waals surface area contributed by atoms with Crippen molar-refractivity contribution in [3.8, 4) is 0 Å². The predicted molar refractivity (Wildman–Crippen MR) is 145 cm³/mol. The zero-order chi connectivity index (χ0) is 24.6. The highest BCUT2D eigenvalue weighted by Gasteiger charge is 2.23. The lowest BCUT2D eigenvalue weighted by molar-refractivity contribution is -0.127. The fourth-order valence-corrected chi connectivity index (χ4v) is 5.72. The molecule has 5 rings (SSSR count). The molecule has 0 spiro atoms. The Bertz CT molecular complexity index is 1370. The number of anilines is 2. The summed E-state index contributed by atoms with van der Waals surface area (Å²) in [6.07, 6.45) is 2.98. The van der Waals surface area contributed by atoms with Crippen molar-refractivity contribution in [2.45, 2.75) is 46.1 Å². The van der Waals surface area contributed by atoms with Crippen LogP contribution in [0.15, 0.2) is 48.7 Å². The summed E-state index contributed by atoms with van der Waals surface area (Å²) in [5.74, 6) is 1.33. The minimum atomic E-state index is 0.0831. The number of nitrogens with zero attached hydrogens (tertiary/aromatic N) is 3. The van der Waals surface area contributed by atoms with E-state index in [2.05, 4.69) is 78.9 Å². The molecule has 2 aromatic heterocycles. The van der Waals surface area contributed by atoms with Crippen LogP contribution in [0, 0.1) is 5.92 Å². The van der Waals surface area contributed by atoms with E-state index in [4.69, 9.17) is 4.98 Å². The van der Waals surface area contributed by atoms with Gasteiger partial charge in [0.2, 0.25) is 11.9 Å². The molecule has 0 aliphatic carbocycles. The number of benzene rings is 2. The van der Waals surface area contributed by atoms with Gasteiger partial charge in [0.05, 0.1) is 5.52 Å². The van der Waals surface area contributed by atoms with E-state index in [1.54, 1.807) is 18.3 Å². The van der Waals surface area contributed by atoms with Crippen molar-refractivity contribution in [2.75, 3.05) is 25.0 Å². The molecule has 7 heteroatoms. The summed E-state index contributed by atoms with van der Waals surface area (Å²) < 4.78 is 1.23. The number of fused-ring (bicyclic) bond motifs is 3. The number of carbonyl (C=O) groups is 1. The maximum atomic E-state index is 11.6. The van der Waals surface area contributed by atoms with Crippen molar-refractivity contribution in [3.05, 3.63) is 59.1 Å². The number of aromatic nitrogens is 2. The Kier molecular flexibility index (Phi) is 6.47. The van der Waals surface area contributed by atoms with Gasteiger partial charge in [-0.15, -0.1) is 11.3 Å². The van der Waals surface area contributed by atoms with Gasteiger partial charge >= 0.3 is 0 Å². The van der Waals surface area contributed by atoms with E-state index in [-0.39, 0.29) is 11.3 Å². The maximum Gasteiger partial charge on any atom is 0.227 e.